The zero-order chi connectivity index (χ0) is 13.0. The molecule has 0 bridgehead atoms. The number of halogens is 1. The molecule has 0 aliphatic heterocycles. The first-order valence-electron chi connectivity index (χ1n) is 5.38. The molecule has 2 aromatic rings. The summed E-state index contributed by atoms with van der Waals surface area (Å²) in [7, 11) is 0. The fourth-order valence-electron chi connectivity index (χ4n) is 1.48. The molecule has 18 heavy (non-hydrogen) atoms. The maximum atomic E-state index is 11.7. The van der Waals surface area contributed by atoms with Crippen molar-refractivity contribution in [1.29, 1.82) is 0 Å². The Balaban J connectivity index is 1.88. The number of anilines is 1. The first kappa shape index (κ1) is 13.1. The standard InChI is InChI=1S/C13H12BrNO2S/c14-12-6-5-10(18-12)8-17-13(16)7-9-3-1-2-4-11(9)15/h1-6H,7-8,15H2. The summed E-state index contributed by atoms with van der Waals surface area (Å²) in [6, 6.07) is 11.2. The van der Waals surface area contributed by atoms with Crippen molar-refractivity contribution in [2.75, 3.05) is 5.73 Å². The molecule has 0 radical (unpaired) electrons. The van der Waals surface area contributed by atoms with Crippen molar-refractivity contribution < 1.29 is 9.53 Å². The average molecular weight is 326 g/mol. The van der Waals surface area contributed by atoms with Crippen LogP contribution in [0.3, 0.4) is 0 Å². The Morgan fingerprint density at radius 1 is 1.28 bits per heavy atom. The van der Waals surface area contributed by atoms with Crippen molar-refractivity contribution in [2.24, 2.45) is 0 Å². The Morgan fingerprint density at radius 2 is 2.06 bits per heavy atom. The molecular weight excluding hydrogens is 314 g/mol. The maximum absolute atomic E-state index is 11.7. The number of hydrogen-bond acceptors (Lipinski definition) is 4. The number of carbonyl (C=O) groups excluding carboxylic acids is 1. The number of hydrogen-bond donors (Lipinski definition) is 1. The van der Waals surface area contributed by atoms with Crippen molar-refractivity contribution in [3.63, 3.8) is 0 Å². The van der Waals surface area contributed by atoms with E-state index in [2.05, 4.69) is 15.9 Å². The molecule has 0 aliphatic rings. The molecule has 0 saturated heterocycles. The highest BCUT2D eigenvalue weighted by Gasteiger charge is 2.08. The highest BCUT2D eigenvalue weighted by Crippen LogP contribution is 2.22. The van der Waals surface area contributed by atoms with Crippen molar-refractivity contribution in [2.45, 2.75) is 13.0 Å². The number of para-hydroxylation sites is 1. The van der Waals surface area contributed by atoms with Crippen LogP contribution in [-0.2, 0) is 22.6 Å². The molecule has 2 rings (SSSR count). The predicted octanol–water partition coefficient (Wildman–Crippen LogP) is 3.38. The van der Waals surface area contributed by atoms with E-state index in [1.807, 2.05) is 30.3 Å². The monoisotopic (exact) mass is 325 g/mol. The minimum absolute atomic E-state index is 0.208. The Kier molecular flexibility index (Phi) is 4.38. The number of benzene rings is 1. The van der Waals surface area contributed by atoms with Gasteiger partial charge in [-0.05, 0) is 39.7 Å². The molecule has 5 heteroatoms. The van der Waals surface area contributed by atoms with E-state index in [9.17, 15) is 4.79 Å². The van der Waals surface area contributed by atoms with Crippen LogP contribution in [0.1, 0.15) is 10.4 Å². The van der Waals surface area contributed by atoms with Crippen molar-refractivity contribution in [1.82, 2.24) is 0 Å². The summed E-state index contributed by atoms with van der Waals surface area (Å²) in [4.78, 5) is 12.7. The van der Waals surface area contributed by atoms with E-state index in [1.165, 1.54) is 0 Å². The van der Waals surface area contributed by atoms with Gasteiger partial charge in [0.25, 0.3) is 0 Å². The lowest BCUT2D eigenvalue weighted by Crippen LogP contribution is -2.09. The third kappa shape index (κ3) is 3.58. The molecular formula is C13H12BrNO2S. The van der Waals surface area contributed by atoms with Gasteiger partial charge in [-0.2, -0.15) is 0 Å². The topological polar surface area (TPSA) is 52.3 Å². The normalized spacial score (nSPS) is 10.3. The van der Waals surface area contributed by atoms with Crippen LogP contribution in [0.25, 0.3) is 0 Å². The second-order valence-electron chi connectivity index (χ2n) is 3.74. The predicted molar refractivity (Wildman–Crippen MR) is 76.4 cm³/mol. The lowest BCUT2D eigenvalue weighted by atomic mass is 10.1. The van der Waals surface area contributed by atoms with Gasteiger partial charge < -0.3 is 10.5 Å². The summed E-state index contributed by atoms with van der Waals surface area (Å²) in [5, 5.41) is 0. The van der Waals surface area contributed by atoms with Gasteiger partial charge >= 0.3 is 5.97 Å². The summed E-state index contributed by atoms with van der Waals surface area (Å²) in [5.41, 5.74) is 7.19. The largest absolute Gasteiger partial charge is 0.460 e. The molecule has 1 aromatic carbocycles. The van der Waals surface area contributed by atoms with Crippen LogP contribution in [0, 0.1) is 0 Å². The van der Waals surface area contributed by atoms with Crippen LogP contribution < -0.4 is 5.73 Å². The minimum Gasteiger partial charge on any atom is -0.460 e. The zero-order valence-corrected chi connectivity index (χ0v) is 12.0. The second kappa shape index (κ2) is 6.02. The number of ether oxygens (including phenoxy) is 1. The maximum Gasteiger partial charge on any atom is 0.310 e. The average Bonchev–Trinajstić information content (AvgIpc) is 2.76. The van der Waals surface area contributed by atoms with Crippen LogP contribution in [0.5, 0.6) is 0 Å². The molecule has 2 N–H and O–H groups in total. The Bertz CT molecular complexity index is 553. The highest BCUT2D eigenvalue weighted by molar-refractivity contribution is 9.11. The zero-order valence-electron chi connectivity index (χ0n) is 9.56. The SMILES string of the molecule is Nc1ccccc1CC(=O)OCc1ccc(Br)s1. The van der Waals surface area contributed by atoms with Gasteiger partial charge in [-0.15, -0.1) is 11.3 Å². The second-order valence-corrected chi connectivity index (χ2v) is 6.29. The van der Waals surface area contributed by atoms with Crippen LogP contribution in [0.15, 0.2) is 40.2 Å². The molecule has 0 aliphatic carbocycles. The molecule has 0 fully saturated rings. The Labute approximate surface area is 118 Å². The number of nitrogens with two attached hydrogens (primary N) is 1. The lowest BCUT2D eigenvalue weighted by Gasteiger charge is -2.05. The summed E-state index contributed by atoms with van der Waals surface area (Å²) < 4.78 is 6.22. The molecule has 0 amide bonds. The number of esters is 1. The fraction of sp³-hybridized carbons (Fsp3) is 0.154. The molecule has 3 nitrogen and oxygen atoms in total. The van der Waals surface area contributed by atoms with Gasteiger partial charge in [-0.25, -0.2) is 0 Å². The van der Waals surface area contributed by atoms with Gasteiger partial charge in [0.2, 0.25) is 0 Å². The third-order valence-corrected chi connectivity index (χ3v) is 3.99. The van der Waals surface area contributed by atoms with E-state index in [1.54, 1.807) is 17.4 Å². The first-order chi connectivity index (χ1) is 8.65. The van der Waals surface area contributed by atoms with E-state index in [0.717, 1.165) is 14.2 Å². The molecule has 0 unspecified atom stereocenters. The van der Waals surface area contributed by atoms with Crippen molar-refractivity contribution in [3.05, 3.63) is 50.6 Å². The van der Waals surface area contributed by atoms with E-state index >= 15 is 0 Å². The van der Waals surface area contributed by atoms with Gasteiger partial charge in [-0.1, -0.05) is 18.2 Å². The first-order valence-corrected chi connectivity index (χ1v) is 6.99. The molecule has 0 spiro atoms. The highest BCUT2D eigenvalue weighted by atomic mass is 79.9. The number of rotatable bonds is 4. The lowest BCUT2D eigenvalue weighted by molar-refractivity contribution is -0.144. The molecule has 0 saturated carbocycles. The third-order valence-electron chi connectivity index (χ3n) is 2.39. The fourth-order valence-corrected chi connectivity index (χ4v) is 2.88. The quantitative estimate of drug-likeness (QED) is 0.692. The van der Waals surface area contributed by atoms with Gasteiger partial charge in [0.05, 0.1) is 10.2 Å². The number of thiophene rings is 1. The summed E-state index contributed by atoms with van der Waals surface area (Å²) in [6.07, 6.45) is 0.208. The van der Waals surface area contributed by atoms with Gasteiger partial charge in [0.1, 0.15) is 6.61 Å². The van der Waals surface area contributed by atoms with Crippen molar-refractivity contribution >= 4 is 38.9 Å². The van der Waals surface area contributed by atoms with Gasteiger partial charge in [-0.3, -0.25) is 4.79 Å². The van der Waals surface area contributed by atoms with Crippen LogP contribution >= 0.6 is 27.3 Å². The van der Waals surface area contributed by atoms with Gasteiger partial charge in [0, 0.05) is 10.6 Å². The van der Waals surface area contributed by atoms with Crippen LogP contribution in [-0.4, -0.2) is 5.97 Å². The number of carbonyl (C=O) groups is 1. The van der Waals surface area contributed by atoms with E-state index in [-0.39, 0.29) is 12.4 Å². The minimum atomic E-state index is -0.266. The molecule has 94 valence electrons. The van der Waals surface area contributed by atoms with Crippen LogP contribution in [0.2, 0.25) is 0 Å². The Hall–Kier alpha value is -1.33. The van der Waals surface area contributed by atoms with E-state index in [4.69, 9.17) is 10.5 Å². The van der Waals surface area contributed by atoms with E-state index in [0.29, 0.717) is 12.3 Å². The van der Waals surface area contributed by atoms with E-state index < -0.39 is 0 Å². The number of nitrogen functional groups attached to an aromatic ring is 1. The summed E-state index contributed by atoms with van der Waals surface area (Å²) in [6.45, 7) is 0.307. The summed E-state index contributed by atoms with van der Waals surface area (Å²) >= 11 is 4.92. The van der Waals surface area contributed by atoms with Gasteiger partial charge in [0.15, 0.2) is 0 Å². The van der Waals surface area contributed by atoms with Crippen molar-refractivity contribution in [3.8, 4) is 0 Å². The van der Waals surface area contributed by atoms with Crippen LogP contribution in [0.4, 0.5) is 5.69 Å². The summed E-state index contributed by atoms with van der Waals surface area (Å²) in [5.74, 6) is -0.266. The molecule has 0 atom stereocenters. The Morgan fingerprint density at radius 3 is 2.72 bits per heavy atom. The molecule has 1 aromatic heterocycles. The smallest absolute Gasteiger partial charge is 0.310 e. The molecule has 1 heterocycles.